The molecule has 130 valence electrons. The van der Waals surface area contributed by atoms with Crippen LogP contribution in [0.5, 0.6) is 0 Å². The Kier molecular flexibility index (Phi) is 4.46. The average molecular weight is 360 g/mol. The minimum atomic E-state index is -3.72. The van der Waals surface area contributed by atoms with Gasteiger partial charge in [-0.25, -0.2) is 16.8 Å². The molecule has 1 fully saturated rings. The zero-order chi connectivity index (χ0) is 17.7. The van der Waals surface area contributed by atoms with Gasteiger partial charge < -0.3 is 0 Å². The molecule has 0 bridgehead atoms. The Hall–Kier alpha value is -0.920. The molecule has 23 heavy (non-hydrogen) atoms. The van der Waals surface area contributed by atoms with Crippen molar-refractivity contribution in [3.8, 4) is 0 Å². The van der Waals surface area contributed by atoms with Crippen molar-refractivity contribution in [1.82, 2.24) is 4.31 Å². The van der Waals surface area contributed by atoms with Crippen LogP contribution in [0.25, 0.3) is 0 Å². The summed E-state index contributed by atoms with van der Waals surface area (Å²) in [4.78, 5) is 0.193. The van der Waals surface area contributed by atoms with Gasteiger partial charge >= 0.3 is 0 Å². The standard InChI is InChI=1S/C16H25NO4S2/c1-15(2,3)13-6-8-14(9-7-13)23(20,21)17(5)16(4)10-11-22(18,19)12-16/h6-9H,10-12H2,1-5H3/t16-/m1/s1. The largest absolute Gasteiger partial charge is 0.243 e. The topological polar surface area (TPSA) is 71.5 Å². The molecule has 1 aliphatic heterocycles. The van der Waals surface area contributed by atoms with E-state index in [0.29, 0.717) is 6.42 Å². The lowest BCUT2D eigenvalue weighted by Gasteiger charge is -2.33. The lowest BCUT2D eigenvalue weighted by atomic mass is 9.87. The lowest BCUT2D eigenvalue weighted by molar-refractivity contribution is 0.272. The number of rotatable bonds is 3. The summed E-state index contributed by atoms with van der Waals surface area (Å²) in [5.41, 5.74) is 0.105. The minimum absolute atomic E-state index is 0.0340. The van der Waals surface area contributed by atoms with E-state index in [2.05, 4.69) is 20.8 Å². The van der Waals surface area contributed by atoms with Crippen molar-refractivity contribution < 1.29 is 16.8 Å². The lowest BCUT2D eigenvalue weighted by Crippen LogP contribution is -2.48. The summed E-state index contributed by atoms with van der Waals surface area (Å²) in [5, 5.41) is 0. The van der Waals surface area contributed by atoms with Crippen LogP contribution in [0.3, 0.4) is 0 Å². The highest BCUT2D eigenvalue weighted by Gasteiger charge is 2.46. The van der Waals surface area contributed by atoms with E-state index in [9.17, 15) is 16.8 Å². The first-order chi connectivity index (χ1) is 10.3. The van der Waals surface area contributed by atoms with Gasteiger partial charge in [-0.1, -0.05) is 32.9 Å². The molecular weight excluding hydrogens is 334 g/mol. The maximum absolute atomic E-state index is 12.8. The third-order valence-electron chi connectivity index (χ3n) is 4.62. The number of hydrogen-bond donors (Lipinski definition) is 0. The van der Waals surface area contributed by atoms with Gasteiger partial charge in [0.1, 0.15) is 0 Å². The van der Waals surface area contributed by atoms with Gasteiger partial charge in [-0.2, -0.15) is 4.31 Å². The molecule has 1 atom stereocenters. The second kappa shape index (κ2) is 5.57. The fourth-order valence-corrected chi connectivity index (χ4v) is 6.61. The third kappa shape index (κ3) is 3.61. The molecule has 1 heterocycles. The van der Waals surface area contributed by atoms with Crippen molar-refractivity contribution >= 4 is 19.9 Å². The predicted octanol–water partition coefficient (Wildman–Crippen LogP) is 2.18. The second-order valence-electron chi connectivity index (χ2n) is 7.59. The van der Waals surface area contributed by atoms with Gasteiger partial charge in [0.15, 0.2) is 9.84 Å². The molecule has 1 aromatic rings. The van der Waals surface area contributed by atoms with E-state index in [0.717, 1.165) is 5.56 Å². The second-order valence-corrected chi connectivity index (χ2v) is 11.7. The van der Waals surface area contributed by atoms with E-state index in [1.54, 1.807) is 19.1 Å². The fourth-order valence-electron chi connectivity index (χ4n) is 2.82. The summed E-state index contributed by atoms with van der Waals surface area (Å²) in [6.45, 7) is 7.88. The Morgan fingerprint density at radius 3 is 2.04 bits per heavy atom. The summed E-state index contributed by atoms with van der Waals surface area (Å²) in [5.74, 6) is -0.0951. The van der Waals surface area contributed by atoms with Gasteiger partial charge in [0.25, 0.3) is 0 Å². The molecule has 0 amide bonds. The van der Waals surface area contributed by atoms with Crippen LogP contribution < -0.4 is 0 Å². The smallest absolute Gasteiger partial charge is 0.229 e. The van der Waals surface area contributed by atoms with Crippen molar-refractivity contribution in [2.24, 2.45) is 0 Å². The van der Waals surface area contributed by atoms with E-state index >= 15 is 0 Å². The highest BCUT2D eigenvalue weighted by atomic mass is 32.2. The number of nitrogens with zero attached hydrogens (tertiary/aromatic N) is 1. The van der Waals surface area contributed by atoms with Gasteiger partial charge in [0, 0.05) is 12.6 Å². The normalized spacial score (nSPS) is 25.0. The zero-order valence-electron chi connectivity index (χ0n) is 14.3. The highest BCUT2D eigenvalue weighted by Crippen LogP contribution is 2.33. The van der Waals surface area contributed by atoms with Crippen LogP contribution in [0.1, 0.15) is 39.7 Å². The van der Waals surface area contributed by atoms with Crippen molar-refractivity contribution in [2.45, 2.75) is 50.0 Å². The van der Waals surface area contributed by atoms with Crippen LogP contribution in [-0.2, 0) is 25.3 Å². The molecule has 7 heteroatoms. The molecule has 0 aromatic heterocycles. The molecule has 0 saturated carbocycles. The highest BCUT2D eigenvalue weighted by molar-refractivity contribution is 7.92. The van der Waals surface area contributed by atoms with Gasteiger partial charge in [0.2, 0.25) is 10.0 Å². The Balaban J connectivity index is 2.35. The monoisotopic (exact) mass is 359 g/mol. The number of sulfonamides is 1. The summed E-state index contributed by atoms with van der Waals surface area (Å²) in [6.07, 6.45) is 0.325. The first kappa shape index (κ1) is 18.4. The molecule has 5 nitrogen and oxygen atoms in total. The van der Waals surface area contributed by atoms with Crippen LogP contribution in [-0.4, -0.2) is 45.2 Å². The molecule has 0 N–H and O–H groups in total. The molecule has 1 saturated heterocycles. The summed E-state index contributed by atoms with van der Waals surface area (Å²) in [7, 11) is -5.43. The van der Waals surface area contributed by atoms with Crippen LogP contribution >= 0.6 is 0 Å². The number of benzene rings is 1. The van der Waals surface area contributed by atoms with Crippen molar-refractivity contribution in [3.63, 3.8) is 0 Å². The van der Waals surface area contributed by atoms with Crippen molar-refractivity contribution in [2.75, 3.05) is 18.6 Å². The van der Waals surface area contributed by atoms with Crippen LogP contribution in [0, 0.1) is 0 Å². The first-order valence-corrected chi connectivity index (χ1v) is 10.8. The van der Waals surface area contributed by atoms with E-state index in [-0.39, 0.29) is 21.8 Å². The molecule has 0 unspecified atom stereocenters. The van der Waals surface area contributed by atoms with E-state index < -0.39 is 25.4 Å². The maximum Gasteiger partial charge on any atom is 0.243 e. The van der Waals surface area contributed by atoms with E-state index in [1.165, 1.54) is 11.4 Å². The summed E-state index contributed by atoms with van der Waals surface area (Å²) < 4.78 is 50.4. The zero-order valence-corrected chi connectivity index (χ0v) is 16.0. The molecular formula is C16H25NO4S2. The predicted molar refractivity (Wildman–Crippen MR) is 91.8 cm³/mol. The van der Waals surface area contributed by atoms with Crippen LogP contribution in [0.15, 0.2) is 29.2 Å². The van der Waals surface area contributed by atoms with Gasteiger partial charge in [-0.15, -0.1) is 0 Å². The van der Waals surface area contributed by atoms with E-state index in [4.69, 9.17) is 0 Å². The van der Waals surface area contributed by atoms with Gasteiger partial charge in [0.05, 0.1) is 16.4 Å². The van der Waals surface area contributed by atoms with Gasteiger partial charge in [-0.3, -0.25) is 0 Å². The Bertz CT molecular complexity index is 789. The van der Waals surface area contributed by atoms with E-state index in [1.807, 2.05) is 12.1 Å². The third-order valence-corrected chi connectivity index (χ3v) is 8.54. The molecule has 1 aliphatic rings. The molecule has 0 aliphatic carbocycles. The summed E-state index contributed by atoms with van der Waals surface area (Å²) >= 11 is 0. The minimum Gasteiger partial charge on any atom is -0.229 e. The van der Waals surface area contributed by atoms with Crippen LogP contribution in [0.4, 0.5) is 0 Å². The molecule has 1 aromatic carbocycles. The fraction of sp³-hybridized carbons (Fsp3) is 0.625. The maximum atomic E-state index is 12.8. The Labute approximate surface area is 139 Å². The average Bonchev–Trinajstić information content (AvgIpc) is 2.72. The quantitative estimate of drug-likeness (QED) is 0.829. The van der Waals surface area contributed by atoms with Crippen LogP contribution in [0.2, 0.25) is 0 Å². The van der Waals surface area contributed by atoms with Crippen molar-refractivity contribution in [1.29, 1.82) is 0 Å². The SMILES string of the molecule is CN([C@]1(C)CCS(=O)(=O)C1)S(=O)(=O)c1ccc(C(C)(C)C)cc1. The van der Waals surface area contributed by atoms with Gasteiger partial charge in [-0.05, 0) is 36.5 Å². The first-order valence-electron chi connectivity index (χ1n) is 7.58. The summed E-state index contributed by atoms with van der Waals surface area (Å²) in [6, 6.07) is 6.82. The Morgan fingerprint density at radius 1 is 1.13 bits per heavy atom. The molecule has 0 radical (unpaired) electrons. The molecule has 0 spiro atoms. The number of sulfone groups is 1. The number of hydrogen-bond acceptors (Lipinski definition) is 4. The molecule has 2 rings (SSSR count). The Morgan fingerprint density at radius 2 is 1.65 bits per heavy atom. The van der Waals surface area contributed by atoms with Crippen molar-refractivity contribution in [3.05, 3.63) is 29.8 Å².